The van der Waals surface area contributed by atoms with Crippen LogP contribution in [0.2, 0.25) is 0 Å². The van der Waals surface area contributed by atoms with E-state index in [1.54, 1.807) is 49.6 Å². The average molecular weight is 493 g/mol. The van der Waals surface area contributed by atoms with E-state index in [9.17, 15) is 14.9 Å². The van der Waals surface area contributed by atoms with Crippen LogP contribution in [0.5, 0.6) is 17.2 Å². The second-order valence-corrected chi connectivity index (χ2v) is 8.09. The number of nitrogens with zero attached hydrogens (tertiary/aromatic N) is 4. The third-order valence-electron chi connectivity index (χ3n) is 5.02. The van der Waals surface area contributed by atoms with E-state index in [4.69, 9.17) is 14.2 Å². The minimum absolute atomic E-state index is 0.0451. The maximum Gasteiger partial charge on any atom is 0.284 e. The molecule has 0 bridgehead atoms. The van der Waals surface area contributed by atoms with Gasteiger partial charge in [-0.2, -0.15) is 10.1 Å². The zero-order chi connectivity index (χ0) is 24.9. The van der Waals surface area contributed by atoms with E-state index in [2.05, 4.69) is 10.1 Å². The number of para-hydroxylation sites is 1. The molecule has 4 rings (SSSR count). The molecule has 1 aromatic heterocycles. The minimum atomic E-state index is -0.495. The van der Waals surface area contributed by atoms with Crippen LogP contribution in [0.4, 0.5) is 10.8 Å². The van der Waals surface area contributed by atoms with Crippen molar-refractivity contribution < 1.29 is 23.9 Å². The van der Waals surface area contributed by atoms with Gasteiger partial charge in [-0.05, 0) is 48.0 Å². The molecule has 0 aliphatic heterocycles. The van der Waals surface area contributed by atoms with Crippen LogP contribution in [0.3, 0.4) is 0 Å². The highest BCUT2D eigenvalue weighted by Crippen LogP contribution is 2.35. The summed E-state index contributed by atoms with van der Waals surface area (Å²) in [5, 5.41) is 16.8. The number of carbonyl (C=O) groups excluding carboxylic acids is 1. The smallest absolute Gasteiger partial charge is 0.284 e. The number of non-ortho nitro benzene ring substituents is 1. The van der Waals surface area contributed by atoms with E-state index >= 15 is 0 Å². The van der Waals surface area contributed by atoms with Crippen molar-refractivity contribution in [3.8, 4) is 17.2 Å². The van der Waals surface area contributed by atoms with E-state index in [0.717, 1.165) is 9.71 Å². The Morgan fingerprint density at radius 3 is 2.49 bits per heavy atom. The van der Waals surface area contributed by atoms with Gasteiger partial charge in [-0.25, -0.2) is 4.98 Å². The first kappa shape index (κ1) is 23.6. The molecule has 35 heavy (non-hydrogen) atoms. The molecule has 178 valence electrons. The number of hydrogen-bond acceptors (Lipinski definition) is 9. The Morgan fingerprint density at radius 1 is 1.06 bits per heavy atom. The molecule has 0 saturated heterocycles. The lowest BCUT2D eigenvalue weighted by atomic mass is 10.1. The fourth-order valence-corrected chi connectivity index (χ4v) is 4.23. The summed E-state index contributed by atoms with van der Waals surface area (Å²) in [5.41, 5.74) is 1.42. The quantitative estimate of drug-likeness (QED) is 0.195. The van der Waals surface area contributed by atoms with Crippen LogP contribution < -0.4 is 19.2 Å². The van der Waals surface area contributed by atoms with Crippen LogP contribution in [-0.4, -0.2) is 43.4 Å². The average Bonchev–Trinajstić information content (AvgIpc) is 3.31. The first-order valence-electron chi connectivity index (χ1n) is 10.2. The topological polar surface area (TPSA) is 116 Å². The summed E-state index contributed by atoms with van der Waals surface area (Å²) in [6.45, 7) is 0. The number of rotatable bonds is 8. The number of hydrogen-bond donors (Lipinski definition) is 0. The van der Waals surface area contributed by atoms with Gasteiger partial charge in [0.05, 0.1) is 48.2 Å². The van der Waals surface area contributed by atoms with Gasteiger partial charge in [-0.3, -0.25) is 14.9 Å². The standard InChI is InChI=1S/C24H20N4O6S/c1-32-17-11-12-19-21(13-17)35-24(26-19)27(25-14-15-7-9-16(10-8-15)28(30)31)23(29)18-5-4-6-20(33-2)22(18)34-3/h4-14H,1-3H3/b25-14+. The van der Waals surface area contributed by atoms with Gasteiger partial charge in [0.2, 0.25) is 5.13 Å². The number of hydrazone groups is 1. The van der Waals surface area contributed by atoms with Gasteiger partial charge >= 0.3 is 0 Å². The van der Waals surface area contributed by atoms with Crippen molar-refractivity contribution in [1.29, 1.82) is 0 Å². The number of thiazole rings is 1. The molecule has 0 saturated carbocycles. The van der Waals surface area contributed by atoms with E-state index in [0.29, 0.717) is 27.7 Å². The summed E-state index contributed by atoms with van der Waals surface area (Å²) in [4.78, 5) is 28.7. The summed E-state index contributed by atoms with van der Waals surface area (Å²) in [7, 11) is 4.50. The number of methoxy groups -OCH3 is 3. The summed E-state index contributed by atoms with van der Waals surface area (Å²) < 4.78 is 16.9. The number of anilines is 1. The van der Waals surface area contributed by atoms with Crippen LogP contribution in [0, 0.1) is 10.1 Å². The zero-order valence-electron chi connectivity index (χ0n) is 19.0. The molecular formula is C24H20N4O6S. The molecule has 3 aromatic carbocycles. The summed E-state index contributed by atoms with van der Waals surface area (Å²) in [6.07, 6.45) is 1.43. The second-order valence-electron chi connectivity index (χ2n) is 7.08. The van der Waals surface area contributed by atoms with Crippen LogP contribution in [0.25, 0.3) is 10.2 Å². The molecule has 1 amide bonds. The highest BCUT2D eigenvalue weighted by molar-refractivity contribution is 7.22. The van der Waals surface area contributed by atoms with E-state index in [1.807, 2.05) is 6.07 Å². The Labute approximate surface area is 204 Å². The van der Waals surface area contributed by atoms with Crippen LogP contribution >= 0.6 is 11.3 Å². The molecule has 0 aliphatic rings. The molecule has 0 fully saturated rings. The summed E-state index contributed by atoms with van der Waals surface area (Å²) >= 11 is 1.26. The van der Waals surface area contributed by atoms with E-state index in [1.165, 1.54) is 43.9 Å². The molecule has 11 heteroatoms. The lowest BCUT2D eigenvalue weighted by Gasteiger charge is -2.17. The number of benzene rings is 3. The Bertz CT molecular complexity index is 1420. The lowest BCUT2D eigenvalue weighted by molar-refractivity contribution is -0.384. The number of carbonyl (C=O) groups is 1. The van der Waals surface area contributed by atoms with Gasteiger partial charge in [0, 0.05) is 12.1 Å². The van der Waals surface area contributed by atoms with Gasteiger partial charge in [-0.1, -0.05) is 17.4 Å². The molecule has 0 spiro atoms. The highest BCUT2D eigenvalue weighted by atomic mass is 32.1. The number of nitro groups is 1. The predicted octanol–water partition coefficient (Wildman–Crippen LogP) is 4.91. The van der Waals surface area contributed by atoms with Gasteiger partial charge in [0.1, 0.15) is 5.75 Å². The van der Waals surface area contributed by atoms with Crippen molar-refractivity contribution in [2.24, 2.45) is 5.10 Å². The number of aromatic nitrogens is 1. The zero-order valence-corrected chi connectivity index (χ0v) is 19.8. The molecule has 0 N–H and O–H groups in total. The first-order valence-corrected chi connectivity index (χ1v) is 11.0. The van der Waals surface area contributed by atoms with E-state index in [-0.39, 0.29) is 17.0 Å². The largest absolute Gasteiger partial charge is 0.497 e. The van der Waals surface area contributed by atoms with Gasteiger partial charge < -0.3 is 14.2 Å². The SMILES string of the molecule is COc1ccc2nc(N(/N=C/c3ccc([N+](=O)[O-])cc3)C(=O)c3cccc(OC)c3OC)sc2c1. The third kappa shape index (κ3) is 4.89. The summed E-state index contributed by atoms with van der Waals surface area (Å²) in [5.74, 6) is 0.823. The maximum absolute atomic E-state index is 13.7. The monoisotopic (exact) mass is 492 g/mol. The number of amides is 1. The Balaban J connectivity index is 1.79. The molecular weight excluding hydrogens is 472 g/mol. The molecule has 4 aromatic rings. The normalized spacial score (nSPS) is 10.9. The number of nitro benzene ring substituents is 1. The van der Waals surface area contributed by atoms with Crippen molar-refractivity contribution in [1.82, 2.24) is 4.98 Å². The van der Waals surface area contributed by atoms with Crippen LogP contribution in [0.1, 0.15) is 15.9 Å². The molecule has 0 unspecified atom stereocenters. The molecule has 1 heterocycles. The molecule has 0 atom stereocenters. The Kier molecular flexibility index (Phi) is 6.88. The van der Waals surface area contributed by atoms with Gasteiger partial charge in [0.25, 0.3) is 11.6 Å². The van der Waals surface area contributed by atoms with Crippen LogP contribution in [-0.2, 0) is 0 Å². The fraction of sp³-hybridized carbons (Fsp3) is 0.125. The summed E-state index contributed by atoms with van der Waals surface area (Å²) in [6, 6.07) is 16.2. The highest BCUT2D eigenvalue weighted by Gasteiger charge is 2.26. The fourth-order valence-electron chi connectivity index (χ4n) is 3.28. The van der Waals surface area contributed by atoms with Crippen LogP contribution in [0.15, 0.2) is 65.8 Å². The molecule has 10 nitrogen and oxygen atoms in total. The van der Waals surface area contributed by atoms with Crippen molar-refractivity contribution in [2.45, 2.75) is 0 Å². The lowest BCUT2D eigenvalue weighted by Crippen LogP contribution is -2.26. The first-order chi connectivity index (χ1) is 16.9. The Hall–Kier alpha value is -4.51. The molecule has 0 aliphatic carbocycles. The predicted molar refractivity (Wildman–Crippen MR) is 133 cm³/mol. The second kappa shape index (κ2) is 10.2. The van der Waals surface area contributed by atoms with Crippen molar-refractivity contribution in [3.05, 3.63) is 81.9 Å². The minimum Gasteiger partial charge on any atom is -0.497 e. The third-order valence-corrected chi connectivity index (χ3v) is 6.01. The van der Waals surface area contributed by atoms with Crippen molar-refractivity contribution >= 4 is 44.5 Å². The van der Waals surface area contributed by atoms with E-state index < -0.39 is 10.8 Å². The van der Waals surface area contributed by atoms with Gasteiger partial charge in [-0.15, -0.1) is 0 Å². The maximum atomic E-state index is 13.7. The number of ether oxygens (including phenoxy) is 3. The number of fused-ring (bicyclic) bond motifs is 1. The molecule has 0 radical (unpaired) electrons. The van der Waals surface area contributed by atoms with Crippen molar-refractivity contribution in [2.75, 3.05) is 26.3 Å². The van der Waals surface area contributed by atoms with Crippen molar-refractivity contribution in [3.63, 3.8) is 0 Å². The Morgan fingerprint density at radius 2 is 1.83 bits per heavy atom. The van der Waals surface area contributed by atoms with Gasteiger partial charge in [0.15, 0.2) is 11.5 Å².